The molecule has 126 valence electrons. The maximum absolute atomic E-state index is 12.0. The van der Waals surface area contributed by atoms with Gasteiger partial charge >= 0.3 is 5.97 Å². The van der Waals surface area contributed by atoms with E-state index in [0.29, 0.717) is 11.3 Å². The quantitative estimate of drug-likeness (QED) is 0.618. The van der Waals surface area contributed by atoms with Crippen molar-refractivity contribution in [2.75, 3.05) is 6.54 Å². The van der Waals surface area contributed by atoms with E-state index in [9.17, 15) is 9.59 Å². The van der Waals surface area contributed by atoms with Gasteiger partial charge in [0.05, 0.1) is 6.42 Å². The highest BCUT2D eigenvalue weighted by atomic mass is 79.9. The predicted molar refractivity (Wildman–Crippen MR) is 97.4 cm³/mol. The summed E-state index contributed by atoms with van der Waals surface area (Å²) in [6.07, 6.45) is 0.120. The molecule has 2 rings (SSSR count). The van der Waals surface area contributed by atoms with Crippen LogP contribution >= 0.6 is 15.9 Å². The van der Waals surface area contributed by atoms with Crippen LogP contribution in [0.25, 0.3) is 0 Å². The first-order valence-corrected chi connectivity index (χ1v) is 8.48. The summed E-state index contributed by atoms with van der Waals surface area (Å²) in [5.74, 6) is 0.0315. The molecule has 4 nitrogen and oxygen atoms in total. The van der Waals surface area contributed by atoms with Gasteiger partial charge in [0.15, 0.2) is 0 Å². The molecule has 0 saturated carbocycles. The van der Waals surface area contributed by atoms with Gasteiger partial charge in [-0.25, -0.2) is 0 Å². The minimum absolute atomic E-state index is 0.120. The molecule has 0 radical (unpaired) electrons. The van der Waals surface area contributed by atoms with Crippen LogP contribution in [0.4, 0.5) is 0 Å². The summed E-state index contributed by atoms with van der Waals surface area (Å²) in [5.41, 5.74) is 3.54. The second-order valence-corrected chi connectivity index (χ2v) is 6.63. The molecule has 0 heterocycles. The summed E-state index contributed by atoms with van der Waals surface area (Å²) in [7, 11) is 0. The van der Waals surface area contributed by atoms with Gasteiger partial charge in [0.2, 0.25) is 0 Å². The number of esters is 1. The Bertz CT molecular complexity index is 731. The predicted octanol–water partition coefficient (Wildman–Crippen LogP) is 4.10. The Labute approximate surface area is 150 Å². The topological polar surface area (TPSA) is 55.4 Å². The zero-order valence-corrected chi connectivity index (χ0v) is 15.6. The molecule has 0 fully saturated rings. The van der Waals surface area contributed by atoms with Gasteiger partial charge in [0, 0.05) is 16.6 Å². The van der Waals surface area contributed by atoms with Crippen molar-refractivity contribution >= 4 is 27.8 Å². The summed E-state index contributed by atoms with van der Waals surface area (Å²) in [5, 5.41) is 2.72. The molecule has 0 spiro atoms. The van der Waals surface area contributed by atoms with Gasteiger partial charge in [0.25, 0.3) is 5.91 Å². The monoisotopic (exact) mass is 389 g/mol. The minimum atomic E-state index is -0.360. The Morgan fingerprint density at radius 1 is 1.04 bits per heavy atom. The molecular weight excluding hydrogens is 370 g/mol. The number of carbonyl (C=O) groups is 2. The molecule has 2 aromatic carbocycles. The minimum Gasteiger partial charge on any atom is -0.426 e. The molecule has 0 aromatic heterocycles. The molecule has 5 heteroatoms. The van der Waals surface area contributed by atoms with Crippen molar-refractivity contribution in [1.82, 2.24) is 5.32 Å². The number of ether oxygens (including phenoxy) is 1. The maximum atomic E-state index is 12.0. The fourth-order valence-electron chi connectivity index (χ4n) is 2.47. The van der Waals surface area contributed by atoms with E-state index in [4.69, 9.17) is 4.74 Å². The van der Waals surface area contributed by atoms with Gasteiger partial charge in [-0.05, 0) is 56.2 Å². The van der Waals surface area contributed by atoms with Gasteiger partial charge in [-0.2, -0.15) is 0 Å². The number of aryl methyl sites for hydroxylation is 3. The van der Waals surface area contributed by atoms with Crippen molar-refractivity contribution < 1.29 is 14.3 Å². The Morgan fingerprint density at radius 2 is 1.62 bits per heavy atom. The Balaban J connectivity index is 1.85. The number of nitrogens with one attached hydrogen (secondary N) is 1. The van der Waals surface area contributed by atoms with Crippen LogP contribution in [0.1, 0.15) is 33.5 Å². The zero-order chi connectivity index (χ0) is 17.7. The van der Waals surface area contributed by atoms with Crippen molar-refractivity contribution in [3.63, 3.8) is 0 Å². The molecule has 24 heavy (non-hydrogen) atoms. The first-order chi connectivity index (χ1) is 11.4. The van der Waals surface area contributed by atoms with Crippen LogP contribution in [0.3, 0.4) is 0 Å². The van der Waals surface area contributed by atoms with Crippen LogP contribution < -0.4 is 10.1 Å². The third kappa shape index (κ3) is 4.93. The van der Waals surface area contributed by atoms with E-state index in [-0.39, 0.29) is 24.8 Å². The van der Waals surface area contributed by atoms with E-state index in [0.717, 1.165) is 21.2 Å². The number of hydrogen-bond acceptors (Lipinski definition) is 3. The highest BCUT2D eigenvalue weighted by Gasteiger charge is 2.12. The van der Waals surface area contributed by atoms with E-state index >= 15 is 0 Å². The van der Waals surface area contributed by atoms with E-state index in [1.165, 1.54) is 0 Å². The number of benzene rings is 2. The lowest BCUT2D eigenvalue weighted by atomic mass is 10.1. The average Bonchev–Trinajstić information content (AvgIpc) is 2.51. The number of halogens is 1. The van der Waals surface area contributed by atoms with Gasteiger partial charge in [-0.1, -0.05) is 33.6 Å². The molecule has 0 aliphatic heterocycles. The maximum Gasteiger partial charge on any atom is 0.312 e. The second kappa shape index (κ2) is 8.11. The summed E-state index contributed by atoms with van der Waals surface area (Å²) in [4.78, 5) is 23.9. The summed E-state index contributed by atoms with van der Waals surface area (Å²) < 4.78 is 6.35. The lowest BCUT2D eigenvalue weighted by Gasteiger charge is -2.12. The highest BCUT2D eigenvalue weighted by molar-refractivity contribution is 9.10. The fraction of sp³-hybridized carbons (Fsp3) is 0.263. The van der Waals surface area contributed by atoms with Crippen LogP contribution in [0.2, 0.25) is 0 Å². The van der Waals surface area contributed by atoms with Crippen LogP contribution in [-0.2, 0) is 4.79 Å². The summed E-state index contributed by atoms with van der Waals surface area (Å²) in [6.45, 7) is 6.07. The number of amides is 1. The molecular formula is C19H20BrNO3. The van der Waals surface area contributed by atoms with Gasteiger partial charge in [-0.3, -0.25) is 9.59 Å². The third-order valence-electron chi connectivity index (χ3n) is 3.54. The number of hydrogen-bond donors (Lipinski definition) is 1. The summed E-state index contributed by atoms with van der Waals surface area (Å²) in [6, 6.07) is 11.0. The van der Waals surface area contributed by atoms with Crippen molar-refractivity contribution in [3.05, 3.63) is 63.1 Å². The first kappa shape index (κ1) is 18.2. The second-order valence-electron chi connectivity index (χ2n) is 5.71. The van der Waals surface area contributed by atoms with Crippen LogP contribution in [0.15, 0.2) is 40.9 Å². The lowest BCUT2D eigenvalue weighted by Crippen LogP contribution is -2.27. The zero-order valence-electron chi connectivity index (χ0n) is 14.0. The Morgan fingerprint density at radius 3 is 2.21 bits per heavy atom. The molecule has 0 saturated heterocycles. The van der Waals surface area contributed by atoms with Crippen molar-refractivity contribution in [3.8, 4) is 5.75 Å². The van der Waals surface area contributed by atoms with Crippen molar-refractivity contribution in [2.24, 2.45) is 0 Å². The standard InChI is InChI=1S/C19H20BrNO3/c1-12-10-13(2)18(14(3)11-12)24-17(22)8-9-21-19(23)15-4-6-16(20)7-5-15/h4-7,10-11H,8-9H2,1-3H3,(H,21,23). The van der Waals surface area contributed by atoms with E-state index in [1.807, 2.05) is 32.9 Å². The molecule has 2 aromatic rings. The van der Waals surface area contributed by atoms with Crippen LogP contribution in [0, 0.1) is 20.8 Å². The lowest BCUT2D eigenvalue weighted by molar-refractivity contribution is -0.134. The van der Waals surface area contributed by atoms with E-state index in [2.05, 4.69) is 21.2 Å². The molecule has 0 unspecified atom stereocenters. The van der Waals surface area contributed by atoms with Crippen molar-refractivity contribution in [1.29, 1.82) is 0 Å². The molecule has 0 bridgehead atoms. The van der Waals surface area contributed by atoms with Gasteiger partial charge in [0.1, 0.15) is 5.75 Å². The highest BCUT2D eigenvalue weighted by Crippen LogP contribution is 2.24. The average molecular weight is 390 g/mol. The molecule has 0 atom stereocenters. The fourth-order valence-corrected chi connectivity index (χ4v) is 2.74. The largest absolute Gasteiger partial charge is 0.426 e. The number of carbonyl (C=O) groups excluding carboxylic acids is 2. The van der Waals surface area contributed by atoms with E-state index in [1.54, 1.807) is 24.3 Å². The van der Waals surface area contributed by atoms with E-state index < -0.39 is 0 Å². The summed E-state index contributed by atoms with van der Waals surface area (Å²) >= 11 is 3.32. The smallest absolute Gasteiger partial charge is 0.312 e. The molecule has 1 amide bonds. The van der Waals surface area contributed by atoms with Crippen LogP contribution in [-0.4, -0.2) is 18.4 Å². The van der Waals surface area contributed by atoms with Gasteiger partial charge < -0.3 is 10.1 Å². The SMILES string of the molecule is Cc1cc(C)c(OC(=O)CCNC(=O)c2ccc(Br)cc2)c(C)c1. The molecule has 1 N–H and O–H groups in total. The van der Waals surface area contributed by atoms with Crippen molar-refractivity contribution in [2.45, 2.75) is 27.2 Å². The normalized spacial score (nSPS) is 10.3. The Kier molecular flexibility index (Phi) is 6.15. The van der Waals surface area contributed by atoms with Gasteiger partial charge in [-0.15, -0.1) is 0 Å². The number of rotatable bonds is 5. The Hall–Kier alpha value is -2.14. The molecule has 0 aliphatic rings. The first-order valence-electron chi connectivity index (χ1n) is 7.69. The molecule has 0 aliphatic carbocycles. The third-order valence-corrected chi connectivity index (χ3v) is 4.07. The van der Waals surface area contributed by atoms with Crippen LogP contribution in [0.5, 0.6) is 5.75 Å².